The molecule has 38 heteroatoms. The predicted molar refractivity (Wildman–Crippen MR) is 301 cm³/mol. The standard InChI is InChI=1S/C52H37N11O17S5.5Na/c53-27-1-9-34-26(19-27)20-49(85(78,79)80)51(52(34)65)63-61-43-16-17-44(38-22-31(81(66,67)68)8-11-36(38)43)58-56-29-4-2-28(3-5-29)55-46-14-6-30(21-48(46)84(75,76)77)57-59-45-18-15-42(35-10-7-32(23-39(35)45)82(69,70)71)60-62-50-40-24-33(83(72,73)74)25-47(64)37(40)12-13-41(50)54;;;;;/h1-25,55,64-65H,53-54H2,(H,66,67,68)(H,69,70,71)(H,72,73,74)(H,75,76,77)(H,78,79,80);;;;;/q;5*+1/p-5. The first-order chi connectivity index (χ1) is 39.9. The summed E-state index contributed by atoms with van der Waals surface area (Å²) in [6, 6.07) is 30.1. The van der Waals surface area contributed by atoms with Crippen LogP contribution in [0.1, 0.15) is 0 Å². The molecule has 0 aromatic heterocycles. The monoisotopic (exact) mass is 1360 g/mol. The zero-order valence-corrected chi connectivity index (χ0v) is 61.3. The normalized spacial score (nSPS) is 12.3. The van der Waals surface area contributed by atoms with Crippen LogP contribution in [0.25, 0.3) is 43.1 Å². The number of hydrogen-bond acceptors (Lipinski definition) is 28. The first-order valence-corrected chi connectivity index (χ1v) is 30.7. The van der Waals surface area contributed by atoms with Crippen molar-refractivity contribution < 1.29 is 223 Å². The van der Waals surface area contributed by atoms with Crippen LogP contribution < -0.4 is 165 Å². The van der Waals surface area contributed by atoms with E-state index in [-0.39, 0.29) is 253 Å². The maximum absolute atomic E-state index is 12.7. The van der Waals surface area contributed by atoms with Gasteiger partial charge < -0.3 is 49.8 Å². The summed E-state index contributed by atoms with van der Waals surface area (Å²) in [5.74, 6) is -1.28. The number of rotatable bonds is 15. The molecule has 90 heavy (non-hydrogen) atoms. The summed E-state index contributed by atoms with van der Waals surface area (Å²) >= 11 is 0. The van der Waals surface area contributed by atoms with Gasteiger partial charge in [0, 0.05) is 49.1 Å². The molecule has 28 nitrogen and oxygen atoms in total. The number of aromatic hydroxyl groups is 2. The second kappa shape index (κ2) is 29.6. The van der Waals surface area contributed by atoms with Gasteiger partial charge in [-0.15, -0.1) is 30.7 Å². The Hall–Kier alpha value is -4.81. The van der Waals surface area contributed by atoms with Gasteiger partial charge in [0.2, 0.25) is 0 Å². The van der Waals surface area contributed by atoms with Gasteiger partial charge in [-0.25, -0.2) is 42.1 Å². The Labute approximate surface area is 621 Å². The number of phenolic OH excluding ortho intramolecular Hbond substituents is 2. The van der Waals surface area contributed by atoms with Crippen molar-refractivity contribution in [1.82, 2.24) is 0 Å². The third kappa shape index (κ3) is 16.9. The molecule has 0 bridgehead atoms. The van der Waals surface area contributed by atoms with Crippen molar-refractivity contribution in [1.29, 1.82) is 0 Å². The Bertz CT molecular complexity index is 5270. The molecule has 0 unspecified atom stereocenters. The zero-order chi connectivity index (χ0) is 61.1. The SMILES string of the molecule is Nc1ccc2c(O)c(N=Nc3ccc(N=Nc4ccc(Nc5ccc(N=Nc6ccc(N=Nc7c(N)ccc8c(O)cc(S(=O)(=O)[O-])cc78)c7ccc(S(=O)(=O)[O-])cc67)cc5S(=O)(=O)[O-])cc4)c4cc(S(=O)(=O)[O-])ccc34)c(S(=O)(=O)[O-])cc2c1.[Na+].[Na+].[Na+].[Na+].[Na+]. The molecule has 7 N–H and O–H groups in total. The number of benzene rings is 10. The van der Waals surface area contributed by atoms with Crippen molar-refractivity contribution in [2.45, 2.75) is 24.5 Å². The van der Waals surface area contributed by atoms with Crippen LogP contribution in [0, 0.1) is 0 Å². The molecule has 432 valence electrons. The Balaban J connectivity index is 0.00000295. The Morgan fingerprint density at radius 2 is 0.800 bits per heavy atom. The van der Waals surface area contributed by atoms with Crippen LogP contribution in [-0.2, 0) is 50.6 Å². The number of anilines is 4. The van der Waals surface area contributed by atoms with Crippen LogP contribution in [0.4, 0.5) is 68.2 Å². The van der Waals surface area contributed by atoms with Crippen LogP contribution in [0.2, 0.25) is 0 Å². The molecule has 0 saturated heterocycles. The van der Waals surface area contributed by atoms with E-state index in [4.69, 9.17) is 11.5 Å². The molecule has 10 rings (SSSR count). The molecule has 10 aromatic rings. The van der Waals surface area contributed by atoms with E-state index in [9.17, 15) is 75.1 Å². The van der Waals surface area contributed by atoms with Crippen LogP contribution in [-0.4, -0.2) is 75.1 Å². The number of azo groups is 4. The Kier molecular flexibility index (Phi) is 25.0. The number of nitrogens with two attached hydrogens (primary N) is 2. The van der Waals surface area contributed by atoms with Crippen LogP contribution in [0.3, 0.4) is 0 Å². The van der Waals surface area contributed by atoms with E-state index in [1.54, 1.807) is 0 Å². The number of nitrogens with zero attached hydrogens (tertiary/aromatic N) is 8. The van der Waals surface area contributed by atoms with E-state index in [0.717, 1.165) is 48.5 Å². The molecule has 10 aromatic carbocycles. The molecule has 0 heterocycles. The van der Waals surface area contributed by atoms with E-state index < -0.39 is 92.3 Å². The molecule has 0 atom stereocenters. The summed E-state index contributed by atoms with van der Waals surface area (Å²) in [5.41, 5.74) is 11.0. The molecule has 0 aliphatic carbocycles. The second-order valence-corrected chi connectivity index (χ2v) is 25.0. The van der Waals surface area contributed by atoms with Crippen molar-refractivity contribution in [2.75, 3.05) is 16.8 Å². The predicted octanol–water partition coefficient (Wildman–Crippen LogP) is -4.18. The van der Waals surface area contributed by atoms with Gasteiger partial charge in [-0.2, -0.15) is 10.2 Å². The number of hydrogen-bond donors (Lipinski definition) is 5. The van der Waals surface area contributed by atoms with Gasteiger partial charge in [-0.3, -0.25) is 0 Å². The first-order valence-electron chi connectivity index (χ1n) is 23.6. The third-order valence-corrected chi connectivity index (χ3v) is 16.8. The number of phenols is 2. The molecular weight excluding hydrogens is 1330 g/mol. The van der Waals surface area contributed by atoms with E-state index >= 15 is 0 Å². The molecule has 0 radical (unpaired) electrons. The minimum absolute atomic E-state index is 0. The molecular formula is C52H32N11Na5O17S5. The van der Waals surface area contributed by atoms with Crippen molar-refractivity contribution in [3.63, 3.8) is 0 Å². The molecule has 0 spiro atoms. The maximum Gasteiger partial charge on any atom is 1.00 e. The van der Waals surface area contributed by atoms with E-state index in [1.807, 2.05) is 0 Å². The summed E-state index contributed by atoms with van der Waals surface area (Å²) in [5, 5.41) is 57.7. The number of fused-ring (bicyclic) bond motifs is 4. The van der Waals surface area contributed by atoms with E-state index in [1.165, 1.54) is 103 Å². The van der Waals surface area contributed by atoms with Crippen molar-refractivity contribution in [3.8, 4) is 11.5 Å². The summed E-state index contributed by atoms with van der Waals surface area (Å²) in [6.07, 6.45) is 0. The minimum Gasteiger partial charge on any atom is -0.744 e. The zero-order valence-electron chi connectivity index (χ0n) is 47.2. The summed E-state index contributed by atoms with van der Waals surface area (Å²) in [7, 11) is -25.7. The summed E-state index contributed by atoms with van der Waals surface area (Å²) in [6.45, 7) is 0. The minimum atomic E-state index is -5.26. The largest absolute Gasteiger partial charge is 1.00 e. The van der Waals surface area contributed by atoms with Crippen molar-refractivity contribution in [3.05, 3.63) is 152 Å². The van der Waals surface area contributed by atoms with Gasteiger partial charge in [-0.1, -0.05) is 12.1 Å². The smallest absolute Gasteiger partial charge is 0.744 e. The van der Waals surface area contributed by atoms with Crippen molar-refractivity contribution >= 4 is 162 Å². The Morgan fingerprint density at radius 1 is 0.356 bits per heavy atom. The van der Waals surface area contributed by atoms with Gasteiger partial charge >= 0.3 is 148 Å². The summed E-state index contributed by atoms with van der Waals surface area (Å²) in [4.78, 5) is -3.86. The van der Waals surface area contributed by atoms with Gasteiger partial charge in [0.05, 0.1) is 70.0 Å². The first kappa shape index (κ1) is 75.9. The third-order valence-electron chi connectivity index (χ3n) is 12.6. The number of nitrogen functional groups attached to an aromatic ring is 2. The van der Waals surface area contributed by atoms with Gasteiger partial charge in [0.15, 0.2) is 5.75 Å². The quantitative estimate of drug-likeness (QED) is 0.0281. The van der Waals surface area contributed by atoms with Gasteiger partial charge in [-0.05, 0) is 145 Å². The second-order valence-electron chi connectivity index (χ2n) is 18.1. The van der Waals surface area contributed by atoms with E-state index in [0.29, 0.717) is 0 Å². The fourth-order valence-electron chi connectivity index (χ4n) is 8.64. The fourth-order valence-corrected chi connectivity index (χ4v) is 11.4. The molecule has 0 aliphatic heterocycles. The molecule has 0 aliphatic rings. The van der Waals surface area contributed by atoms with E-state index in [2.05, 4.69) is 46.2 Å². The van der Waals surface area contributed by atoms with Gasteiger partial charge in [0.25, 0.3) is 0 Å². The average molecular weight is 1360 g/mol. The number of nitrogens with one attached hydrogen (secondary N) is 1. The van der Waals surface area contributed by atoms with Crippen molar-refractivity contribution in [2.24, 2.45) is 40.9 Å². The van der Waals surface area contributed by atoms with Crippen LogP contribution >= 0.6 is 0 Å². The molecule has 0 fully saturated rings. The van der Waals surface area contributed by atoms with Crippen LogP contribution in [0.5, 0.6) is 11.5 Å². The molecule has 0 amide bonds. The maximum atomic E-state index is 12.7. The topological polar surface area (TPSA) is 489 Å². The van der Waals surface area contributed by atoms with Crippen LogP contribution in [0.15, 0.2) is 217 Å². The van der Waals surface area contributed by atoms with Gasteiger partial charge in [0.1, 0.15) is 67.7 Å². The molecule has 0 saturated carbocycles. The average Bonchev–Trinajstić information content (AvgIpc) is 0.809. The Morgan fingerprint density at radius 3 is 1.31 bits per heavy atom. The summed E-state index contributed by atoms with van der Waals surface area (Å²) < 4.78 is 183. The fraction of sp³-hybridized carbons (Fsp3) is 0.